The van der Waals surface area contributed by atoms with Crippen LogP contribution in [-0.4, -0.2) is 5.78 Å². The second-order valence-corrected chi connectivity index (χ2v) is 4.65. The molecule has 2 aromatic rings. The van der Waals surface area contributed by atoms with Gasteiger partial charge in [0.25, 0.3) is 0 Å². The number of rotatable bonds is 0. The van der Waals surface area contributed by atoms with Crippen LogP contribution in [0.1, 0.15) is 22.3 Å². The Bertz CT molecular complexity index is 572. The predicted molar refractivity (Wildman–Crippen MR) is 64.3 cm³/mol. The number of carbonyl (C=O) groups excluding carboxylic acids is 1. The average Bonchev–Trinajstić information content (AvgIpc) is 2.62. The van der Waals surface area contributed by atoms with Gasteiger partial charge >= 0.3 is 0 Å². The van der Waals surface area contributed by atoms with E-state index in [0.717, 1.165) is 21.8 Å². The van der Waals surface area contributed by atoms with Gasteiger partial charge in [-0.05, 0) is 44.8 Å². The summed E-state index contributed by atoms with van der Waals surface area (Å²) in [6, 6.07) is 10.2. The second-order valence-electron chi connectivity index (χ2n) is 3.86. The standard InChI is InChI=1S/C13H9BrO/c14-13-9-4-2-1-3-8(9)7-11-10(13)5-6-12(11)15/h1-4,7H,5-6H2. The van der Waals surface area contributed by atoms with Crippen LogP contribution in [0.2, 0.25) is 0 Å². The van der Waals surface area contributed by atoms with Crippen LogP contribution in [-0.2, 0) is 6.42 Å². The van der Waals surface area contributed by atoms with Crippen LogP contribution < -0.4 is 0 Å². The van der Waals surface area contributed by atoms with E-state index in [1.807, 2.05) is 24.3 Å². The maximum atomic E-state index is 11.6. The number of carbonyl (C=O) groups is 1. The van der Waals surface area contributed by atoms with Gasteiger partial charge in [0.05, 0.1) is 0 Å². The van der Waals surface area contributed by atoms with E-state index in [-0.39, 0.29) is 5.78 Å². The monoisotopic (exact) mass is 260 g/mol. The molecule has 1 aliphatic carbocycles. The van der Waals surface area contributed by atoms with Crippen molar-refractivity contribution in [1.82, 2.24) is 0 Å². The van der Waals surface area contributed by atoms with Crippen LogP contribution in [0.5, 0.6) is 0 Å². The smallest absolute Gasteiger partial charge is 0.163 e. The molecule has 0 aromatic heterocycles. The van der Waals surface area contributed by atoms with Crippen molar-refractivity contribution in [2.24, 2.45) is 0 Å². The van der Waals surface area contributed by atoms with Gasteiger partial charge in [0.15, 0.2) is 5.78 Å². The van der Waals surface area contributed by atoms with Gasteiger partial charge in [-0.15, -0.1) is 0 Å². The van der Waals surface area contributed by atoms with Crippen LogP contribution in [0.3, 0.4) is 0 Å². The van der Waals surface area contributed by atoms with E-state index in [9.17, 15) is 4.79 Å². The van der Waals surface area contributed by atoms with Gasteiger partial charge in [-0.2, -0.15) is 0 Å². The third-order valence-electron chi connectivity index (χ3n) is 2.99. The molecular weight excluding hydrogens is 252 g/mol. The summed E-state index contributed by atoms with van der Waals surface area (Å²) < 4.78 is 1.10. The predicted octanol–water partition coefficient (Wildman–Crippen LogP) is 3.73. The molecule has 15 heavy (non-hydrogen) atoms. The summed E-state index contributed by atoms with van der Waals surface area (Å²) in [5, 5.41) is 2.34. The Hall–Kier alpha value is -1.15. The van der Waals surface area contributed by atoms with E-state index in [1.54, 1.807) is 0 Å². The van der Waals surface area contributed by atoms with E-state index >= 15 is 0 Å². The van der Waals surface area contributed by atoms with Crippen LogP contribution in [0.4, 0.5) is 0 Å². The van der Waals surface area contributed by atoms with Crippen molar-refractivity contribution >= 4 is 32.5 Å². The third-order valence-corrected chi connectivity index (χ3v) is 3.90. The zero-order valence-corrected chi connectivity index (χ0v) is 9.67. The van der Waals surface area contributed by atoms with Crippen molar-refractivity contribution < 1.29 is 4.79 Å². The quantitative estimate of drug-likeness (QED) is 0.706. The molecule has 0 saturated carbocycles. The van der Waals surface area contributed by atoms with Crippen molar-refractivity contribution in [2.75, 3.05) is 0 Å². The van der Waals surface area contributed by atoms with Crippen molar-refractivity contribution in [3.63, 3.8) is 0 Å². The molecule has 3 rings (SSSR count). The molecule has 1 nitrogen and oxygen atoms in total. The van der Waals surface area contributed by atoms with Gasteiger partial charge in [0.2, 0.25) is 0 Å². The lowest BCUT2D eigenvalue weighted by Crippen LogP contribution is -1.92. The summed E-state index contributed by atoms with van der Waals surface area (Å²) in [4.78, 5) is 11.6. The lowest BCUT2D eigenvalue weighted by molar-refractivity contribution is 0.0994. The molecule has 0 unspecified atom stereocenters. The van der Waals surface area contributed by atoms with Gasteiger partial charge < -0.3 is 0 Å². The Balaban J connectivity index is 2.46. The van der Waals surface area contributed by atoms with Crippen LogP contribution in [0.25, 0.3) is 10.8 Å². The Kier molecular flexibility index (Phi) is 1.93. The molecule has 0 atom stereocenters. The van der Waals surface area contributed by atoms with Gasteiger partial charge in [-0.3, -0.25) is 4.79 Å². The molecule has 0 aliphatic heterocycles. The Labute approximate surface area is 96.2 Å². The maximum Gasteiger partial charge on any atom is 0.163 e. The van der Waals surface area contributed by atoms with Crippen LogP contribution in [0.15, 0.2) is 34.8 Å². The summed E-state index contributed by atoms with van der Waals surface area (Å²) >= 11 is 3.61. The molecule has 0 saturated heterocycles. The number of Topliss-reactive ketones (excluding diaryl/α,β-unsaturated/α-hetero) is 1. The number of hydrogen-bond donors (Lipinski definition) is 0. The van der Waals surface area contributed by atoms with E-state index in [2.05, 4.69) is 22.0 Å². The summed E-state index contributed by atoms with van der Waals surface area (Å²) in [7, 11) is 0. The van der Waals surface area contributed by atoms with Gasteiger partial charge in [0.1, 0.15) is 0 Å². The number of ketones is 1. The van der Waals surface area contributed by atoms with Crippen molar-refractivity contribution in [1.29, 1.82) is 0 Å². The lowest BCUT2D eigenvalue weighted by atomic mass is 10.0. The molecule has 2 heteroatoms. The number of fused-ring (bicyclic) bond motifs is 2. The summed E-state index contributed by atoms with van der Waals surface area (Å²) in [5.74, 6) is 0.274. The minimum atomic E-state index is 0.274. The first-order chi connectivity index (χ1) is 7.27. The highest BCUT2D eigenvalue weighted by Crippen LogP contribution is 2.35. The molecular formula is C13H9BrO. The highest BCUT2D eigenvalue weighted by molar-refractivity contribution is 9.10. The molecule has 0 bridgehead atoms. The third kappa shape index (κ3) is 1.25. The maximum absolute atomic E-state index is 11.6. The topological polar surface area (TPSA) is 17.1 Å². The average molecular weight is 261 g/mol. The molecule has 1 aliphatic rings. The van der Waals surface area contributed by atoms with Gasteiger partial charge in [-0.1, -0.05) is 24.3 Å². The summed E-state index contributed by atoms with van der Waals surface area (Å²) in [6.07, 6.45) is 1.53. The Morgan fingerprint density at radius 1 is 1.13 bits per heavy atom. The summed E-state index contributed by atoms with van der Waals surface area (Å²) in [5.41, 5.74) is 2.08. The molecule has 2 aromatic carbocycles. The molecule has 0 heterocycles. The van der Waals surface area contributed by atoms with E-state index < -0.39 is 0 Å². The molecule has 0 N–H and O–H groups in total. The fourth-order valence-electron chi connectivity index (χ4n) is 2.21. The molecule has 0 spiro atoms. The summed E-state index contributed by atoms with van der Waals surface area (Å²) in [6.45, 7) is 0. The first-order valence-electron chi connectivity index (χ1n) is 5.00. The minimum Gasteiger partial charge on any atom is -0.294 e. The Morgan fingerprint density at radius 3 is 2.80 bits per heavy atom. The van der Waals surface area contributed by atoms with Gasteiger partial charge in [0, 0.05) is 16.5 Å². The molecule has 0 amide bonds. The van der Waals surface area contributed by atoms with Gasteiger partial charge in [-0.25, -0.2) is 0 Å². The van der Waals surface area contributed by atoms with Crippen LogP contribution in [0, 0.1) is 0 Å². The highest BCUT2D eigenvalue weighted by atomic mass is 79.9. The normalized spacial score (nSPS) is 14.6. The molecule has 74 valence electrons. The fraction of sp³-hybridized carbons (Fsp3) is 0.154. The molecule has 0 fully saturated rings. The first kappa shape index (κ1) is 9.10. The van der Waals surface area contributed by atoms with Crippen molar-refractivity contribution in [2.45, 2.75) is 12.8 Å². The number of benzene rings is 2. The van der Waals surface area contributed by atoms with Crippen LogP contribution >= 0.6 is 15.9 Å². The first-order valence-corrected chi connectivity index (χ1v) is 5.80. The molecule has 0 radical (unpaired) electrons. The number of hydrogen-bond acceptors (Lipinski definition) is 1. The zero-order chi connectivity index (χ0) is 10.4. The highest BCUT2D eigenvalue weighted by Gasteiger charge is 2.22. The van der Waals surface area contributed by atoms with Crippen molar-refractivity contribution in [3.05, 3.63) is 45.9 Å². The van der Waals surface area contributed by atoms with Crippen molar-refractivity contribution in [3.8, 4) is 0 Å². The number of halogens is 1. The van der Waals surface area contributed by atoms with E-state index in [1.165, 1.54) is 10.9 Å². The second kappa shape index (κ2) is 3.17. The van der Waals surface area contributed by atoms with E-state index in [4.69, 9.17) is 0 Å². The lowest BCUT2D eigenvalue weighted by Gasteiger charge is -2.06. The zero-order valence-electron chi connectivity index (χ0n) is 8.09. The largest absolute Gasteiger partial charge is 0.294 e. The van der Waals surface area contributed by atoms with E-state index in [0.29, 0.717) is 6.42 Å². The SMILES string of the molecule is O=C1CCc2c1cc1ccccc1c2Br. The Morgan fingerprint density at radius 2 is 1.93 bits per heavy atom. The minimum absolute atomic E-state index is 0.274. The fourth-order valence-corrected chi connectivity index (χ4v) is 2.99.